The molecule has 1 N–H and O–H groups in total. The molecule has 0 heterocycles. The molecular formula is C18H22N2O. The van der Waals surface area contributed by atoms with Crippen LogP contribution in [0.4, 0.5) is 5.69 Å². The number of carbonyl (C=O) groups is 1. The summed E-state index contributed by atoms with van der Waals surface area (Å²) in [7, 11) is 0. The summed E-state index contributed by atoms with van der Waals surface area (Å²) in [5.74, 6) is 0.284. The number of allylic oxidation sites excluding steroid dienone is 3. The molecule has 0 saturated heterocycles. The number of benzene rings is 1. The molecule has 21 heavy (non-hydrogen) atoms. The largest absolute Gasteiger partial charge is 0.311 e. The van der Waals surface area contributed by atoms with Crippen molar-refractivity contribution >= 4 is 23.0 Å². The lowest BCUT2D eigenvalue weighted by Crippen LogP contribution is -2.26. The Morgan fingerprint density at radius 1 is 1.24 bits per heavy atom. The smallest absolute Gasteiger partial charge is 0.222 e. The highest BCUT2D eigenvalue weighted by Crippen LogP contribution is 2.31. The van der Waals surface area contributed by atoms with Gasteiger partial charge in [-0.05, 0) is 49.1 Å². The molecule has 1 aromatic carbocycles. The van der Waals surface area contributed by atoms with Crippen LogP contribution in [0.25, 0.3) is 5.57 Å². The van der Waals surface area contributed by atoms with Crippen LogP contribution in [0.3, 0.4) is 0 Å². The molecule has 110 valence electrons. The minimum Gasteiger partial charge on any atom is -0.311 e. The molecule has 0 spiro atoms. The standard InChI is InChI=1S/C18H22N2O/c1-7-15(8-2)16-11-10-12(4)18(13(16)5)20-17(9-3)19-14(6)21/h7-11H,1,3H2,2,4-6H3,(H,19,20,21)/b15-8+. The molecule has 0 aliphatic carbocycles. The number of hydrogen-bond donors (Lipinski definition) is 1. The van der Waals surface area contributed by atoms with E-state index in [1.54, 1.807) is 0 Å². The van der Waals surface area contributed by atoms with Gasteiger partial charge in [0.1, 0.15) is 5.84 Å². The number of amidine groups is 1. The number of nitrogens with zero attached hydrogens (tertiary/aromatic N) is 1. The summed E-state index contributed by atoms with van der Waals surface area (Å²) in [4.78, 5) is 15.7. The van der Waals surface area contributed by atoms with E-state index in [1.807, 2.05) is 39.0 Å². The molecule has 0 fully saturated rings. The fourth-order valence-corrected chi connectivity index (χ4v) is 2.13. The van der Waals surface area contributed by atoms with Crippen LogP contribution in [0.1, 0.15) is 30.5 Å². The van der Waals surface area contributed by atoms with Crippen molar-refractivity contribution in [2.45, 2.75) is 27.7 Å². The molecule has 0 bridgehead atoms. The molecule has 0 saturated carbocycles. The van der Waals surface area contributed by atoms with E-state index in [0.717, 1.165) is 28.0 Å². The van der Waals surface area contributed by atoms with Crippen LogP contribution in [-0.2, 0) is 4.79 Å². The molecule has 1 aromatic rings. The van der Waals surface area contributed by atoms with Gasteiger partial charge in [0.05, 0.1) is 5.69 Å². The van der Waals surface area contributed by atoms with Crippen LogP contribution in [0.15, 0.2) is 48.5 Å². The zero-order chi connectivity index (χ0) is 16.0. The lowest BCUT2D eigenvalue weighted by Gasteiger charge is -2.13. The van der Waals surface area contributed by atoms with E-state index < -0.39 is 0 Å². The maximum Gasteiger partial charge on any atom is 0.222 e. The second-order valence-electron chi connectivity index (χ2n) is 4.73. The van der Waals surface area contributed by atoms with E-state index in [-0.39, 0.29) is 5.91 Å². The van der Waals surface area contributed by atoms with Crippen molar-refractivity contribution in [1.82, 2.24) is 5.32 Å². The van der Waals surface area contributed by atoms with Gasteiger partial charge in [-0.3, -0.25) is 4.79 Å². The Morgan fingerprint density at radius 3 is 2.38 bits per heavy atom. The minimum atomic E-state index is -0.166. The third kappa shape index (κ3) is 4.02. The lowest BCUT2D eigenvalue weighted by molar-refractivity contribution is -0.117. The van der Waals surface area contributed by atoms with Gasteiger partial charge in [-0.1, -0.05) is 37.4 Å². The maximum atomic E-state index is 11.2. The normalized spacial score (nSPS) is 12.0. The van der Waals surface area contributed by atoms with E-state index in [9.17, 15) is 4.79 Å². The molecule has 3 heteroatoms. The predicted octanol–water partition coefficient (Wildman–Crippen LogP) is 4.24. The highest BCUT2D eigenvalue weighted by atomic mass is 16.1. The highest BCUT2D eigenvalue weighted by molar-refractivity contribution is 6.04. The Bertz CT molecular complexity index is 637. The Morgan fingerprint density at radius 2 is 1.90 bits per heavy atom. The number of rotatable bonds is 4. The van der Waals surface area contributed by atoms with Crippen molar-refractivity contribution in [2.75, 3.05) is 0 Å². The first-order valence-corrected chi connectivity index (χ1v) is 6.82. The quantitative estimate of drug-likeness (QED) is 0.501. The third-order valence-corrected chi connectivity index (χ3v) is 3.20. The molecule has 3 nitrogen and oxygen atoms in total. The second kappa shape index (κ2) is 7.39. The summed E-state index contributed by atoms with van der Waals surface area (Å²) >= 11 is 0. The van der Waals surface area contributed by atoms with E-state index >= 15 is 0 Å². The van der Waals surface area contributed by atoms with Gasteiger partial charge in [0.25, 0.3) is 0 Å². The number of aliphatic imine (C=N–C) groups is 1. The molecule has 0 aliphatic heterocycles. The number of amides is 1. The first kappa shape index (κ1) is 16.6. The van der Waals surface area contributed by atoms with Crippen molar-refractivity contribution in [3.05, 3.63) is 60.2 Å². The number of aryl methyl sites for hydroxylation is 1. The molecule has 1 amide bonds. The summed E-state index contributed by atoms with van der Waals surface area (Å²) in [6, 6.07) is 4.08. The summed E-state index contributed by atoms with van der Waals surface area (Å²) < 4.78 is 0. The molecule has 0 atom stereocenters. The van der Waals surface area contributed by atoms with E-state index in [0.29, 0.717) is 5.84 Å². The van der Waals surface area contributed by atoms with Gasteiger partial charge in [0.2, 0.25) is 5.91 Å². The van der Waals surface area contributed by atoms with Gasteiger partial charge in [0.15, 0.2) is 0 Å². The van der Waals surface area contributed by atoms with Gasteiger partial charge in [-0.15, -0.1) is 0 Å². The Labute approximate surface area is 126 Å². The number of carbonyl (C=O) groups excluding carboxylic acids is 1. The third-order valence-electron chi connectivity index (χ3n) is 3.20. The molecule has 0 unspecified atom stereocenters. The van der Waals surface area contributed by atoms with Crippen LogP contribution in [0.2, 0.25) is 0 Å². The molecule has 0 radical (unpaired) electrons. The van der Waals surface area contributed by atoms with Crippen molar-refractivity contribution in [3.63, 3.8) is 0 Å². The maximum absolute atomic E-state index is 11.2. The van der Waals surface area contributed by atoms with Crippen molar-refractivity contribution < 1.29 is 4.79 Å². The van der Waals surface area contributed by atoms with Gasteiger partial charge in [-0.2, -0.15) is 0 Å². The predicted molar refractivity (Wildman–Crippen MR) is 90.9 cm³/mol. The van der Waals surface area contributed by atoms with E-state index in [1.165, 1.54) is 13.0 Å². The van der Waals surface area contributed by atoms with Gasteiger partial charge in [0, 0.05) is 6.92 Å². The zero-order valence-corrected chi connectivity index (χ0v) is 13.2. The Balaban J connectivity index is 3.45. The van der Waals surface area contributed by atoms with Crippen LogP contribution < -0.4 is 5.32 Å². The average Bonchev–Trinajstić information content (AvgIpc) is 2.45. The molecule has 0 aliphatic rings. The fraction of sp³-hybridized carbons (Fsp3) is 0.222. The summed E-state index contributed by atoms with van der Waals surface area (Å²) in [5.41, 5.74) is 5.08. The molecule has 0 aromatic heterocycles. The van der Waals surface area contributed by atoms with Crippen LogP contribution in [-0.4, -0.2) is 11.7 Å². The summed E-state index contributed by atoms with van der Waals surface area (Å²) in [5, 5.41) is 2.67. The van der Waals surface area contributed by atoms with Gasteiger partial charge < -0.3 is 5.32 Å². The summed E-state index contributed by atoms with van der Waals surface area (Å²) in [6.07, 6.45) is 5.38. The van der Waals surface area contributed by atoms with Crippen LogP contribution >= 0.6 is 0 Å². The average molecular weight is 282 g/mol. The summed E-state index contributed by atoms with van der Waals surface area (Å²) in [6.45, 7) is 15.0. The van der Waals surface area contributed by atoms with Crippen molar-refractivity contribution in [2.24, 2.45) is 4.99 Å². The SMILES string of the molecule is C=CC(=Nc1c(C)ccc(/C(C=C)=C/C)c1C)NC(C)=O. The molecular weight excluding hydrogens is 260 g/mol. The van der Waals surface area contributed by atoms with Crippen LogP contribution in [0, 0.1) is 13.8 Å². The van der Waals surface area contributed by atoms with Gasteiger partial charge >= 0.3 is 0 Å². The van der Waals surface area contributed by atoms with Gasteiger partial charge in [-0.25, -0.2) is 4.99 Å². The zero-order valence-electron chi connectivity index (χ0n) is 13.2. The topological polar surface area (TPSA) is 41.5 Å². The Hall–Kier alpha value is -2.42. The minimum absolute atomic E-state index is 0.166. The second-order valence-corrected chi connectivity index (χ2v) is 4.73. The number of hydrogen-bond acceptors (Lipinski definition) is 2. The van der Waals surface area contributed by atoms with Crippen LogP contribution in [0.5, 0.6) is 0 Å². The van der Waals surface area contributed by atoms with Crippen molar-refractivity contribution in [1.29, 1.82) is 0 Å². The highest BCUT2D eigenvalue weighted by Gasteiger charge is 2.09. The number of nitrogens with one attached hydrogen (secondary N) is 1. The fourth-order valence-electron chi connectivity index (χ4n) is 2.13. The first-order valence-electron chi connectivity index (χ1n) is 6.82. The van der Waals surface area contributed by atoms with E-state index in [4.69, 9.17) is 0 Å². The molecule has 1 rings (SSSR count). The van der Waals surface area contributed by atoms with E-state index in [2.05, 4.69) is 29.5 Å². The first-order chi connectivity index (χ1) is 9.94. The monoisotopic (exact) mass is 282 g/mol. The van der Waals surface area contributed by atoms with Crippen molar-refractivity contribution in [3.8, 4) is 0 Å². The lowest BCUT2D eigenvalue weighted by atomic mass is 9.96. The Kier molecular flexibility index (Phi) is 5.85.